The number of methoxy groups -OCH3 is 1. The lowest BCUT2D eigenvalue weighted by atomic mass is 10.2. The molecule has 6 heteroatoms. The van der Waals surface area contributed by atoms with Crippen LogP contribution >= 0.6 is 22.9 Å². The van der Waals surface area contributed by atoms with E-state index in [4.69, 9.17) is 16.3 Å². The summed E-state index contributed by atoms with van der Waals surface area (Å²) in [6.45, 7) is 0.539. The summed E-state index contributed by atoms with van der Waals surface area (Å²) >= 11 is 7.65. The quantitative estimate of drug-likeness (QED) is 0.690. The molecule has 20 heavy (non-hydrogen) atoms. The molecule has 2 heterocycles. The first-order valence-electron chi connectivity index (χ1n) is 6.02. The molecule has 102 valence electrons. The van der Waals surface area contributed by atoms with Crippen LogP contribution in [0, 0.1) is 0 Å². The van der Waals surface area contributed by atoms with Gasteiger partial charge in [0.15, 0.2) is 10.1 Å². The molecule has 0 atom stereocenters. The molecule has 0 aliphatic rings. The van der Waals surface area contributed by atoms with Crippen LogP contribution in [0.4, 0.5) is 0 Å². The molecule has 3 rings (SSSR count). The van der Waals surface area contributed by atoms with Crippen LogP contribution in [0.5, 0.6) is 5.75 Å². The number of nitrogens with zero attached hydrogens (tertiary/aromatic N) is 3. The van der Waals surface area contributed by atoms with Gasteiger partial charge < -0.3 is 4.74 Å². The molecule has 0 N–H and O–H groups in total. The second kappa shape index (κ2) is 5.64. The van der Waals surface area contributed by atoms with Crippen LogP contribution in [-0.4, -0.2) is 22.7 Å². The molecule has 0 bridgehead atoms. The molecule has 4 nitrogen and oxygen atoms in total. The van der Waals surface area contributed by atoms with Crippen LogP contribution in [0.25, 0.3) is 4.96 Å². The highest BCUT2D eigenvalue weighted by molar-refractivity contribution is 7.15. The second-order valence-electron chi connectivity index (χ2n) is 4.13. The third-order valence-corrected chi connectivity index (χ3v) is 3.96. The minimum Gasteiger partial charge on any atom is -0.496 e. The average molecular weight is 306 g/mol. The van der Waals surface area contributed by atoms with Crippen LogP contribution < -0.4 is 4.74 Å². The van der Waals surface area contributed by atoms with Crippen LogP contribution in [0.15, 0.2) is 40.8 Å². The van der Waals surface area contributed by atoms with E-state index >= 15 is 0 Å². The number of aromatic nitrogens is 2. The number of hydrogen-bond donors (Lipinski definition) is 0. The number of fused-ring (bicyclic) bond motifs is 1. The van der Waals surface area contributed by atoms with E-state index in [1.54, 1.807) is 24.7 Å². The number of rotatable bonds is 4. The van der Waals surface area contributed by atoms with E-state index in [2.05, 4.69) is 9.98 Å². The molecule has 0 saturated carbocycles. The van der Waals surface area contributed by atoms with Gasteiger partial charge >= 0.3 is 0 Å². The lowest BCUT2D eigenvalue weighted by molar-refractivity contribution is 0.410. The van der Waals surface area contributed by atoms with E-state index in [1.165, 1.54) is 0 Å². The van der Waals surface area contributed by atoms with Crippen LogP contribution in [0.1, 0.15) is 11.3 Å². The molecule has 0 amide bonds. The molecule has 0 spiro atoms. The Hall–Kier alpha value is -1.85. The van der Waals surface area contributed by atoms with Gasteiger partial charge in [-0.25, -0.2) is 4.98 Å². The summed E-state index contributed by atoms with van der Waals surface area (Å²) in [5.41, 5.74) is 1.84. The first-order chi connectivity index (χ1) is 9.79. The molecule has 0 saturated heterocycles. The summed E-state index contributed by atoms with van der Waals surface area (Å²) in [6.07, 6.45) is 3.69. The first-order valence-corrected chi connectivity index (χ1v) is 7.28. The summed E-state index contributed by atoms with van der Waals surface area (Å²) in [4.78, 5) is 9.57. The average Bonchev–Trinajstić information content (AvgIpc) is 3.02. The van der Waals surface area contributed by atoms with Gasteiger partial charge in [-0.3, -0.25) is 9.39 Å². The number of benzene rings is 1. The lowest BCUT2D eigenvalue weighted by Gasteiger charge is -2.04. The molecular formula is C14H12ClN3OS. The Morgan fingerprint density at radius 2 is 2.30 bits per heavy atom. The lowest BCUT2D eigenvalue weighted by Crippen LogP contribution is -1.92. The third kappa shape index (κ3) is 2.42. The highest BCUT2D eigenvalue weighted by Crippen LogP contribution is 2.21. The first kappa shape index (κ1) is 13.1. The fourth-order valence-corrected chi connectivity index (χ4v) is 2.95. The van der Waals surface area contributed by atoms with Gasteiger partial charge in [0.05, 0.1) is 13.7 Å². The molecule has 2 aromatic heterocycles. The van der Waals surface area contributed by atoms with Crippen molar-refractivity contribution in [1.82, 2.24) is 9.38 Å². The zero-order valence-electron chi connectivity index (χ0n) is 10.8. The third-order valence-electron chi connectivity index (χ3n) is 2.92. The van der Waals surface area contributed by atoms with Crippen LogP contribution in [-0.2, 0) is 6.54 Å². The van der Waals surface area contributed by atoms with Crippen molar-refractivity contribution in [1.29, 1.82) is 0 Å². The molecule has 1 aromatic carbocycles. The number of hydrogen-bond acceptors (Lipinski definition) is 4. The number of thiazole rings is 1. The van der Waals surface area contributed by atoms with Gasteiger partial charge in [-0.2, -0.15) is 0 Å². The van der Waals surface area contributed by atoms with Crippen molar-refractivity contribution in [2.75, 3.05) is 7.11 Å². The van der Waals surface area contributed by atoms with Crippen molar-refractivity contribution < 1.29 is 4.74 Å². The van der Waals surface area contributed by atoms with Crippen LogP contribution in [0.2, 0.25) is 5.15 Å². The van der Waals surface area contributed by atoms with Gasteiger partial charge in [-0.05, 0) is 6.07 Å². The summed E-state index contributed by atoms with van der Waals surface area (Å²) in [5, 5.41) is 2.44. The Labute approximate surface area is 125 Å². The predicted molar refractivity (Wildman–Crippen MR) is 82.4 cm³/mol. The van der Waals surface area contributed by atoms with Crippen molar-refractivity contribution in [3.63, 3.8) is 0 Å². The number of para-hydroxylation sites is 1. The van der Waals surface area contributed by atoms with Gasteiger partial charge in [0.1, 0.15) is 11.4 Å². The largest absolute Gasteiger partial charge is 0.496 e. The van der Waals surface area contributed by atoms with Crippen molar-refractivity contribution in [3.05, 3.63) is 52.3 Å². The van der Waals surface area contributed by atoms with Crippen molar-refractivity contribution in [2.45, 2.75) is 6.54 Å². The van der Waals surface area contributed by atoms with E-state index in [0.717, 1.165) is 22.0 Å². The summed E-state index contributed by atoms with van der Waals surface area (Å²) < 4.78 is 7.23. The molecule has 0 aliphatic carbocycles. The standard InChI is InChI=1S/C14H12ClN3OS/c1-19-12-5-3-2-4-10(12)8-16-9-11-13(15)17-14-18(11)6-7-20-14/h2-7,9H,8H2,1H3. The van der Waals surface area contributed by atoms with Gasteiger partial charge in [0.25, 0.3) is 0 Å². The molecule has 0 radical (unpaired) electrons. The number of ether oxygens (including phenoxy) is 1. The minimum atomic E-state index is 0.473. The van der Waals surface area contributed by atoms with Gasteiger partial charge in [0, 0.05) is 23.4 Å². The minimum absolute atomic E-state index is 0.473. The summed E-state index contributed by atoms with van der Waals surface area (Å²) in [5.74, 6) is 0.838. The Kier molecular flexibility index (Phi) is 3.71. The van der Waals surface area contributed by atoms with Crippen molar-refractivity contribution in [3.8, 4) is 5.75 Å². The summed E-state index contributed by atoms with van der Waals surface area (Å²) in [6, 6.07) is 7.83. The smallest absolute Gasteiger partial charge is 0.195 e. The Balaban J connectivity index is 1.84. The van der Waals surface area contributed by atoms with E-state index < -0.39 is 0 Å². The van der Waals surface area contributed by atoms with E-state index in [9.17, 15) is 0 Å². The Morgan fingerprint density at radius 3 is 3.15 bits per heavy atom. The summed E-state index contributed by atoms with van der Waals surface area (Å²) in [7, 11) is 1.66. The van der Waals surface area contributed by atoms with Gasteiger partial charge in [-0.1, -0.05) is 29.8 Å². The molecular weight excluding hydrogens is 294 g/mol. The fraction of sp³-hybridized carbons (Fsp3) is 0.143. The molecule has 0 unspecified atom stereocenters. The van der Waals surface area contributed by atoms with Gasteiger partial charge in [-0.15, -0.1) is 11.3 Å². The molecule has 0 fully saturated rings. The number of aliphatic imine (C=N–C) groups is 1. The fourth-order valence-electron chi connectivity index (χ4n) is 1.96. The zero-order valence-corrected chi connectivity index (χ0v) is 12.4. The monoisotopic (exact) mass is 305 g/mol. The highest BCUT2D eigenvalue weighted by atomic mass is 35.5. The number of imidazole rings is 1. The predicted octanol–water partition coefficient (Wildman–Crippen LogP) is 3.68. The van der Waals surface area contributed by atoms with E-state index in [1.807, 2.05) is 40.2 Å². The van der Waals surface area contributed by atoms with Crippen molar-refractivity contribution >= 4 is 34.1 Å². The highest BCUT2D eigenvalue weighted by Gasteiger charge is 2.08. The zero-order chi connectivity index (χ0) is 13.9. The normalized spacial score (nSPS) is 11.5. The second-order valence-corrected chi connectivity index (χ2v) is 5.36. The molecule has 0 aliphatic heterocycles. The van der Waals surface area contributed by atoms with Gasteiger partial charge in [0.2, 0.25) is 0 Å². The number of halogens is 1. The van der Waals surface area contributed by atoms with E-state index in [0.29, 0.717) is 11.7 Å². The van der Waals surface area contributed by atoms with Crippen molar-refractivity contribution in [2.24, 2.45) is 4.99 Å². The Bertz CT molecular complexity index is 763. The Morgan fingerprint density at radius 1 is 1.45 bits per heavy atom. The maximum Gasteiger partial charge on any atom is 0.195 e. The molecule has 3 aromatic rings. The maximum atomic E-state index is 6.11. The topological polar surface area (TPSA) is 38.9 Å². The maximum absolute atomic E-state index is 6.11. The SMILES string of the molecule is COc1ccccc1CN=Cc1c(Cl)nc2sccn12. The van der Waals surface area contributed by atoms with Crippen LogP contribution in [0.3, 0.4) is 0 Å². The van der Waals surface area contributed by atoms with E-state index in [-0.39, 0.29) is 0 Å².